The summed E-state index contributed by atoms with van der Waals surface area (Å²) >= 11 is 0. The summed E-state index contributed by atoms with van der Waals surface area (Å²) < 4.78 is 23.4. The van der Waals surface area contributed by atoms with Gasteiger partial charge in [-0.3, -0.25) is 9.59 Å². The lowest BCUT2D eigenvalue weighted by Gasteiger charge is -2.40. The summed E-state index contributed by atoms with van der Waals surface area (Å²) in [5.74, 6) is -0.614. The standard InChI is InChI=1S/C23H25N5O4S/c1-33(31,32)17-6-2-13(3-7-17)23(30)28-15-4-5-16(28)11-14(10-15)27-20-18-8-9-25-22(18)26-12-19(20)21(24)29/h2-3,6-9,12,14-16H,4-5,10-11H2,1H3,(H2,24,29)(H2,25,26,27)/t15-,16-/m0/s1. The highest BCUT2D eigenvalue weighted by molar-refractivity contribution is 7.90. The first-order chi connectivity index (χ1) is 15.7. The lowest BCUT2D eigenvalue weighted by atomic mass is 9.95. The molecular formula is C23H25N5O4S. The minimum absolute atomic E-state index is 0.0731. The first kappa shape index (κ1) is 21.4. The smallest absolute Gasteiger partial charge is 0.254 e. The highest BCUT2D eigenvalue weighted by atomic mass is 32.2. The highest BCUT2D eigenvalue weighted by Crippen LogP contribution is 2.39. The number of hydrogen-bond acceptors (Lipinski definition) is 6. The number of carbonyl (C=O) groups excluding carboxylic acids is 2. The largest absolute Gasteiger partial charge is 0.381 e. The maximum Gasteiger partial charge on any atom is 0.254 e. The third-order valence-corrected chi connectivity index (χ3v) is 7.83. The number of anilines is 1. The van der Waals surface area contributed by atoms with Crippen molar-refractivity contribution < 1.29 is 18.0 Å². The molecule has 4 heterocycles. The third kappa shape index (κ3) is 3.84. The fourth-order valence-corrected chi connectivity index (χ4v) is 5.81. The molecule has 33 heavy (non-hydrogen) atoms. The first-order valence-electron chi connectivity index (χ1n) is 10.9. The fourth-order valence-electron chi connectivity index (χ4n) is 5.17. The summed E-state index contributed by atoms with van der Waals surface area (Å²) in [6.45, 7) is 0. The van der Waals surface area contributed by atoms with Crippen LogP contribution < -0.4 is 11.1 Å². The first-order valence-corrected chi connectivity index (χ1v) is 12.8. The van der Waals surface area contributed by atoms with E-state index in [0.29, 0.717) is 22.5 Å². The summed E-state index contributed by atoms with van der Waals surface area (Å²) in [6.07, 6.45) is 7.72. The Morgan fingerprint density at radius 3 is 2.39 bits per heavy atom. The number of nitrogens with zero attached hydrogens (tertiary/aromatic N) is 2. The van der Waals surface area contributed by atoms with Crippen molar-refractivity contribution in [2.75, 3.05) is 11.6 Å². The Balaban J connectivity index is 1.36. The maximum absolute atomic E-state index is 13.3. The molecule has 0 spiro atoms. The molecule has 172 valence electrons. The number of fused-ring (bicyclic) bond motifs is 3. The van der Waals surface area contributed by atoms with Crippen molar-refractivity contribution in [3.8, 4) is 0 Å². The molecule has 0 aliphatic carbocycles. The van der Waals surface area contributed by atoms with Crippen LogP contribution in [0.4, 0.5) is 5.69 Å². The zero-order valence-electron chi connectivity index (χ0n) is 18.1. The minimum atomic E-state index is -3.31. The summed E-state index contributed by atoms with van der Waals surface area (Å²) in [5.41, 5.74) is 7.78. The molecule has 2 atom stereocenters. The Morgan fingerprint density at radius 2 is 1.79 bits per heavy atom. The van der Waals surface area contributed by atoms with Gasteiger partial charge in [-0.2, -0.15) is 0 Å². The fraction of sp³-hybridized carbons (Fsp3) is 0.348. The van der Waals surface area contributed by atoms with Gasteiger partial charge in [-0.15, -0.1) is 0 Å². The summed E-state index contributed by atoms with van der Waals surface area (Å²) in [7, 11) is -3.31. The van der Waals surface area contributed by atoms with E-state index in [9.17, 15) is 18.0 Å². The second kappa shape index (κ2) is 7.87. The van der Waals surface area contributed by atoms with Gasteiger partial charge in [-0.25, -0.2) is 13.4 Å². The number of aromatic amines is 1. The average Bonchev–Trinajstić information content (AvgIpc) is 3.35. The summed E-state index contributed by atoms with van der Waals surface area (Å²) in [4.78, 5) is 34.7. The van der Waals surface area contributed by atoms with Crippen molar-refractivity contribution in [1.82, 2.24) is 14.9 Å². The van der Waals surface area contributed by atoms with Gasteiger partial charge in [-0.1, -0.05) is 0 Å². The monoisotopic (exact) mass is 467 g/mol. The molecule has 2 aliphatic rings. The van der Waals surface area contributed by atoms with Crippen LogP contribution in [0.2, 0.25) is 0 Å². The Bertz CT molecular complexity index is 1330. The molecule has 0 unspecified atom stereocenters. The normalized spacial score (nSPS) is 22.5. The number of aromatic nitrogens is 2. The van der Waals surface area contributed by atoms with E-state index < -0.39 is 15.7 Å². The summed E-state index contributed by atoms with van der Waals surface area (Å²) in [6, 6.07) is 8.23. The molecule has 2 fully saturated rings. The van der Waals surface area contributed by atoms with Crippen molar-refractivity contribution in [1.29, 1.82) is 0 Å². The topological polar surface area (TPSA) is 138 Å². The van der Waals surface area contributed by atoms with Crippen LogP contribution in [-0.2, 0) is 9.84 Å². The molecule has 0 saturated carbocycles. The molecule has 2 aromatic heterocycles. The van der Waals surface area contributed by atoms with Crippen LogP contribution in [0.15, 0.2) is 47.6 Å². The van der Waals surface area contributed by atoms with E-state index in [1.165, 1.54) is 18.3 Å². The van der Waals surface area contributed by atoms with Gasteiger partial charge in [0.15, 0.2) is 9.84 Å². The number of H-pyrrole nitrogens is 1. The molecule has 3 aromatic rings. The number of hydrogen-bond donors (Lipinski definition) is 3. The van der Waals surface area contributed by atoms with Crippen molar-refractivity contribution in [2.24, 2.45) is 5.73 Å². The van der Waals surface area contributed by atoms with Gasteiger partial charge in [0, 0.05) is 47.7 Å². The maximum atomic E-state index is 13.3. The van der Waals surface area contributed by atoms with Gasteiger partial charge in [0.05, 0.1) is 16.1 Å². The van der Waals surface area contributed by atoms with Crippen LogP contribution in [0, 0.1) is 0 Å². The Kier molecular flexibility index (Phi) is 5.12. The van der Waals surface area contributed by atoms with Crippen LogP contribution >= 0.6 is 0 Å². The second-order valence-corrected chi connectivity index (χ2v) is 10.9. The van der Waals surface area contributed by atoms with Crippen LogP contribution in [0.3, 0.4) is 0 Å². The van der Waals surface area contributed by atoms with E-state index in [0.717, 1.165) is 37.3 Å². The van der Waals surface area contributed by atoms with Gasteiger partial charge in [-0.05, 0) is 56.0 Å². The molecule has 2 bridgehead atoms. The molecule has 10 heteroatoms. The zero-order chi connectivity index (χ0) is 23.3. The van der Waals surface area contributed by atoms with E-state index in [4.69, 9.17) is 5.73 Å². The molecule has 9 nitrogen and oxygen atoms in total. The van der Waals surface area contributed by atoms with Crippen LogP contribution in [0.25, 0.3) is 11.0 Å². The SMILES string of the molecule is CS(=O)(=O)c1ccc(C(=O)N2[C@H]3CC[C@H]2CC(Nc2c(C(N)=O)cnc4[nH]ccc24)C3)cc1. The summed E-state index contributed by atoms with van der Waals surface area (Å²) in [5, 5.41) is 4.33. The Labute approximate surface area is 191 Å². The average molecular weight is 468 g/mol. The molecule has 1 aromatic carbocycles. The Morgan fingerprint density at radius 1 is 1.12 bits per heavy atom. The molecule has 0 radical (unpaired) electrons. The molecule has 2 aliphatic heterocycles. The number of nitrogens with two attached hydrogens (primary N) is 1. The minimum Gasteiger partial charge on any atom is -0.381 e. The molecular weight excluding hydrogens is 442 g/mol. The van der Waals surface area contributed by atoms with E-state index >= 15 is 0 Å². The van der Waals surface area contributed by atoms with E-state index in [1.807, 2.05) is 11.0 Å². The van der Waals surface area contributed by atoms with E-state index in [2.05, 4.69) is 15.3 Å². The van der Waals surface area contributed by atoms with Gasteiger partial charge in [0.2, 0.25) is 0 Å². The predicted octanol–water partition coefficient (Wildman–Crippen LogP) is 2.31. The van der Waals surface area contributed by atoms with Crippen molar-refractivity contribution in [2.45, 2.75) is 48.7 Å². The van der Waals surface area contributed by atoms with Crippen molar-refractivity contribution >= 4 is 38.4 Å². The van der Waals surface area contributed by atoms with Gasteiger partial charge in [0.1, 0.15) is 5.65 Å². The van der Waals surface area contributed by atoms with Crippen LogP contribution in [0.5, 0.6) is 0 Å². The molecule has 4 N–H and O–H groups in total. The van der Waals surface area contributed by atoms with Gasteiger partial charge in [0.25, 0.3) is 11.8 Å². The van der Waals surface area contributed by atoms with Crippen LogP contribution in [-0.4, -0.2) is 59.5 Å². The second-order valence-electron chi connectivity index (χ2n) is 8.86. The quantitative estimate of drug-likeness (QED) is 0.526. The number of piperidine rings is 1. The number of primary amides is 1. The van der Waals surface area contributed by atoms with Crippen molar-refractivity contribution in [3.63, 3.8) is 0 Å². The molecule has 2 amide bonds. The number of rotatable bonds is 5. The molecule has 2 saturated heterocycles. The number of benzene rings is 1. The lowest BCUT2D eigenvalue weighted by Crippen LogP contribution is -2.49. The van der Waals surface area contributed by atoms with Crippen molar-refractivity contribution in [3.05, 3.63) is 53.9 Å². The number of carbonyl (C=O) groups is 2. The number of amides is 2. The predicted molar refractivity (Wildman–Crippen MR) is 124 cm³/mol. The van der Waals surface area contributed by atoms with Crippen LogP contribution in [0.1, 0.15) is 46.4 Å². The van der Waals surface area contributed by atoms with Gasteiger partial charge >= 0.3 is 0 Å². The van der Waals surface area contributed by atoms with E-state index in [1.54, 1.807) is 18.3 Å². The third-order valence-electron chi connectivity index (χ3n) is 6.70. The van der Waals surface area contributed by atoms with Gasteiger partial charge < -0.3 is 20.9 Å². The highest BCUT2D eigenvalue weighted by Gasteiger charge is 2.43. The lowest BCUT2D eigenvalue weighted by molar-refractivity contribution is 0.0583. The van der Waals surface area contributed by atoms with E-state index in [-0.39, 0.29) is 28.9 Å². The zero-order valence-corrected chi connectivity index (χ0v) is 18.9. The number of nitrogens with one attached hydrogen (secondary N) is 2. The Hall–Kier alpha value is -3.40. The molecule has 5 rings (SSSR count). The number of pyridine rings is 1. The number of sulfone groups is 1.